The Morgan fingerprint density at radius 2 is 1.64 bits per heavy atom. The lowest BCUT2D eigenvalue weighted by atomic mass is 10.3. The molecule has 0 bridgehead atoms. The van der Waals surface area contributed by atoms with Gasteiger partial charge in [0.25, 0.3) is 6.29 Å². The van der Waals surface area contributed by atoms with Crippen LogP contribution in [0, 0.1) is 0 Å². The van der Waals surface area contributed by atoms with E-state index >= 15 is 0 Å². The van der Waals surface area contributed by atoms with Crippen molar-refractivity contribution in [3.8, 4) is 0 Å². The van der Waals surface area contributed by atoms with Crippen LogP contribution < -0.4 is 0 Å². The molecule has 0 amide bonds. The molecule has 0 fully saturated rings. The van der Waals surface area contributed by atoms with Crippen LogP contribution >= 0.6 is 0 Å². The van der Waals surface area contributed by atoms with Gasteiger partial charge in [-0.05, 0) is 6.92 Å². The molecule has 0 saturated carbocycles. The van der Waals surface area contributed by atoms with Gasteiger partial charge in [0.05, 0.1) is 6.42 Å². The number of carbonyl (C=O) groups is 5. The molecule has 140 valence electrons. The fourth-order valence-electron chi connectivity index (χ4n) is 1.27. The second kappa shape index (κ2) is 11.6. The lowest BCUT2D eigenvalue weighted by Gasteiger charge is -2.18. The summed E-state index contributed by atoms with van der Waals surface area (Å²) >= 11 is 0. The molecule has 0 heterocycles. The molecule has 10 nitrogen and oxygen atoms in total. The number of carbonyl (C=O) groups excluding carboxylic acids is 4. The number of ether oxygens (including phenoxy) is 4. The number of hydrogen-bond acceptors (Lipinski definition) is 9. The first-order chi connectivity index (χ1) is 11.7. The monoisotopic (exact) mass is 360 g/mol. The second-order valence-electron chi connectivity index (χ2n) is 4.56. The Morgan fingerprint density at radius 1 is 1.04 bits per heavy atom. The molecule has 0 radical (unpaired) electrons. The quantitative estimate of drug-likeness (QED) is 0.237. The fraction of sp³-hybridized carbons (Fsp3) is 0.533. The maximum absolute atomic E-state index is 11.6. The molecule has 1 N–H and O–H groups in total. The molecule has 0 aromatic rings. The van der Waals surface area contributed by atoms with E-state index in [0.29, 0.717) is 0 Å². The first-order valence-corrected chi connectivity index (χ1v) is 7.30. The van der Waals surface area contributed by atoms with E-state index in [9.17, 15) is 24.0 Å². The van der Waals surface area contributed by atoms with Gasteiger partial charge in [0.1, 0.15) is 13.0 Å². The maximum Gasteiger partial charge on any atom is 0.344 e. The molecule has 0 rings (SSSR count). The van der Waals surface area contributed by atoms with E-state index < -0.39 is 48.7 Å². The Bertz CT molecular complexity index is 524. The largest absolute Gasteiger partial charge is 0.479 e. The summed E-state index contributed by atoms with van der Waals surface area (Å²) < 4.78 is 18.7. The normalized spacial score (nSPS) is 12.2. The summed E-state index contributed by atoms with van der Waals surface area (Å²) in [6.45, 7) is 5.50. The van der Waals surface area contributed by atoms with Gasteiger partial charge in [-0.2, -0.15) is 0 Å². The maximum atomic E-state index is 11.6. The van der Waals surface area contributed by atoms with Gasteiger partial charge in [-0.3, -0.25) is 14.4 Å². The lowest BCUT2D eigenvalue weighted by Crippen LogP contribution is -2.31. The van der Waals surface area contributed by atoms with Gasteiger partial charge in [-0.25, -0.2) is 9.59 Å². The number of rotatable bonds is 11. The minimum absolute atomic E-state index is 0.0361. The van der Waals surface area contributed by atoms with Gasteiger partial charge in [-0.1, -0.05) is 13.5 Å². The van der Waals surface area contributed by atoms with Crippen molar-refractivity contribution in [1.29, 1.82) is 0 Å². The summed E-state index contributed by atoms with van der Waals surface area (Å²) in [6.07, 6.45) is -3.14. The second-order valence-corrected chi connectivity index (χ2v) is 4.56. The number of carboxylic acid groups (broad SMARTS) is 1. The molecular formula is C15H20O10. The van der Waals surface area contributed by atoms with Crippen LogP contribution in [0.5, 0.6) is 0 Å². The van der Waals surface area contributed by atoms with Crippen LogP contribution in [0.1, 0.15) is 33.1 Å². The lowest BCUT2D eigenvalue weighted by molar-refractivity contribution is -0.194. The highest BCUT2D eigenvalue weighted by Crippen LogP contribution is 2.08. The molecule has 0 aromatic heterocycles. The molecule has 2 atom stereocenters. The molecule has 25 heavy (non-hydrogen) atoms. The molecule has 10 heteroatoms. The minimum atomic E-state index is -1.58. The van der Waals surface area contributed by atoms with Crippen molar-refractivity contribution in [2.45, 2.75) is 45.5 Å². The van der Waals surface area contributed by atoms with Crippen molar-refractivity contribution in [1.82, 2.24) is 0 Å². The van der Waals surface area contributed by atoms with Gasteiger partial charge in [-0.15, -0.1) is 0 Å². The third kappa shape index (κ3) is 10.5. The first-order valence-electron chi connectivity index (χ1n) is 7.30. The zero-order valence-corrected chi connectivity index (χ0v) is 13.9. The highest BCUT2D eigenvalue weighted by Gasteiger charge is 2.25. The zero-order chi connectivity index (χ0) is 19.4. The average molecular weight is 360 g/mol. The Morgan fingerprint density at radius 3 is 2.16 bits per heavy atom. The van der Waals surface area contributed by atoms with Gasteiger partial charge in [0, 0.05) is 12.5 Å². The summed E-state index contributed by atoms with van der Waals surface area (Å²) in [7, 11) is 0. The van der Waals surface area contributed by atoms with E-state index in [2.05, 4.69) is 16.1 Å². The molecule has 0 aromatic carbocycles. The Kier molecular flexibility index (Phi) is 10.2. The minimum Gasteiger partial charge on any atom is -0.479 e. The Labute approximate surface area is 143 Å². The van der Waals surface area contributed by atoms with Crippen LogP contribution in [0.25, 0.3) is 0 Å². The molecule has 0 aliphatic carbocycles. The van der Waals surface area contributed by atoms with Crippen molar-refractivity contribution in [2.75, 3.05) is 6.61 Å². The van der Waals surface area contributed by atoms with Crippen LogP contribution in [0.4, 0.5) is 0 Å². The summed E-state index contributed by atoms with van der Waals surface area (Å²) in [6, 6.07) is 0. The van der Waals surface area contributed by atoms with Gasteiger partial charge in [0.2, 0.25) is 0 Å². The number of aliphatic carboxylic acids is 1. The zero-order valence-electron chi connectivity index (χ0n) is 13.9. The summed E-state index contributed by atoms with van der Waals surface area (Å²) in [5.74, 6) is -4.76. The number of carboxylic acids is 1. The fourth-order valence-corrected chi connectivity index (χ4v) is 1.27. The topological polar surface area (TPSA) is 143 Å². The van der Waals surface area contributed by atoms with Crippen molar-refractivity contribution in [2.24, 2.45) is 0 Å². The predicted molar refractivity (Wildman–Crippen MR) is 79.8 cm³/mol. The van der Waals surface area contributed by atoms with E-state index in [1.54, 1.807) is 0 Å². The summed E-state index contributed by atoms with van der Waals surface area (Å²) in [5, 5.41) is 8.66. The van der Waals surface area contributed by atoms with Crippen molar-refractivity contribution in [3.05, 3.63) is 12.7 Å². The van der Waals surface area contributed by atoms with Gasteiger partial charge in [0.15, 0.2) is 6.10 Å². The number of hydrogen-bond donors (Lipinski definition) is 1. The van der Waals surface area contributed by atoms with Crippen molar-refractivity contribution in [3.63, 3.8) is 0 Å². The van der Waals surface area contributed by atoms with E-state index in [0.717, 1.165) is 13.0 Å². The third-order valence-corrected chi connectivity index (χ3v) is 2.52. The Balaban J connectivity index is 4.60. The molecule has 0 aliphatic rings. The van der Waals surface area contributed by atoms with Gasteiger partial charge < -0.3 is 24.1 Å². The van der Waals surface area contributed by atoms with E-state index in [1.807, 2.05) is 0 Å². The molecular weight excluding hydrogens is 340 g/mol. The molecule has 0 spiro atoms. The molecule has 2 unspecified atom stereocenters. The highest BCUT2D eigenvalue weighted by molar-refractivity contribution is 5.81. The average Bonchev–Trinajstić information content (AvgIpc) is 2.53. The molecule has 0 saturated heterocycles. The molecule has 0 aliphatic heterocycles. The third-order valence-electron chi connectivity index (χ3n) is 2.52. The summed E-state index contributed by atoms with van der Waals surface area (Å²) in [5.41, 5.74) is 0. The van der Waals surface area contributed by atoms with Gasteiger partial charge >= 0.3 is 29.8 Å². The van der Waals surface area contributed by atoms with Crippen molar-refractivity contribution >= 4 is 29.8 Å². The van der Waals surface area contributed by atoms with E-state index in [4.69, 9.17) is 14.6 Å². The standard InChI is InChI=1S/C15H20O10/c1-4-10(16)22-7-6-12(18)25-14(24-11(17)5-2)8-13(19)23-9(3)15(20)21/h4,9,14H,1,5-8H2,2-3H3,(H,20,21). The first kappa shape index (κ1) is 22.1. The SMILES string of the molecule is C=CC(=O)OCCC(=O)OC(CC(=O)OC(C)C(=O)O)OC(=O)CC. The van der Waals surface area contributed by atoms with E-state index in [-0.39, 0.29) is 19.4 Å². The van der Waals surface area contributed by atoms with Crippen LogP contribution in [-0.2, 0) is 42.9 Å². The van der Waals surface area contributed by atoms with Crippen LogP contribution in [0.3, 0.4) is 0 Å². The highest BCUT2D eigenvalue weighted by atomic mass is 16.7. The number of esters is 4. The Hall–Kier alpha value is -2.91. The van der Waals surface area contributed by atoms with Crippen LogP contribution in [0.15, 0.2) is 12.7 Å². The predicted octanol–water partition coefficient (Wildman–Crippen LogP) is 0.335. The van der Waals surface area contributed by atoms with Crippen molar-refractivity contribution < 1.29 is 48.0 Å². The van der Waals surface area contributed by atoms with Crippen LogP contribution in [-0.4, -0.2) is 54.0 Å². The van der Waals surface area contributed by atoms with Crippen LogP contribution in [0.2, 0.25) is 0 Å². The van der Waals surface area contributed by atoms with E-state index in [1.165, 1.54) is 6.92 Å². The summed E-state index contributed by atoms with van der Waals surface area (Å²) in [4.78, 5) is 56.0. The smallest absolute Gasteiger partial charge is 0.344 e.